The maximum Gasteiger partial charge on any atom is 0.238 e. The smallest absolute Gasteiger partial charge is 0.238 e. The first kappa shape index (κ1) is 14.6. The summed E-state index contributed by atoms with van der Waals surface area (Å²) < 4.78 is 22.4. The topological polar surface area (TPSA) is 115 Å². The summed E-state index contributed by atoms with van der Waals surface area (Å²) in [6.45, 7) is 3.67. The number of benzene rings is 1. The predicted octanol–water partition coefficient (Wildman–Crippen LogP) is 0.176. The summed E-state index contributed by atoms with van der Waals surface area (Å²) in [5.74, 6) is -0.602. The van der Waals surface area contributed by atoms with Gasteiger partial charge >= 0.3 is 0 Å². The zero-order valence-electron chi connectivity index (χ0n) is 10.3. The molecule has 0 saturated heterocycles. The van der Waals surface area contributed by atoms with E-state index in [1.54, 1.807) is 19.9 Å². The van der Waals surface area contributed by atoms with Crippen LogP contribution in [0.4, 0.5) is 5.69 Å². The van der Waals surface area contributed by atoms with Gasteiger partial charge in [-0.05, 0) is 24.6 Å². The molecule has 0 radical (unpaired) electrons. The zero-order chi connectivity index (χ0) is 13.9. The van der Waals surface area contributed by atoms with E-state index in [2.05, 4.69) is 5.32 Å². The lowest BCUT2D eigenvalue weighted by molar-refractivity contribution is -0.119. The number of anilines is 1. The summed E-state index contributed by atoms with van der Waals surface area (Å²) >= 11 is 0. The molecule has 18 heavy (non-hydrogen) atoms. The highest BCUT2D eigenvalue weighted by Gasteiger charge is 2.14. The molecule has 1 rings (SSSR count). The van der Waals surface area contributed by atoms with Crippen molar-refractivity contribution in [1.29, 1.82) is 0 Å². The Hall–Kier alpha value is -1.44. The molecule has 0 bridgehead atoms. The summed E-state index contributed by atoms with van der Waals surface area (Å²) in [5.41, 5.74) is 6.56. The van der Waals surface area contributed by atoms with Gasteiger partial charge < -0.3 is 11.1 Å². The fourth-order valence-electron chi connectivity index (χ4n) is 1.28. The molecule has 0 spiro atoms. The summed E-state index contributed by atoms with van der Waals surface area (Å²) in [5, 5.41) is 7.67. The maximum atomic E-state index is 11.7. The van der Waals surface area contributed by atoms with Gasteiger partial charge in [0.1, 0.15) is 0 Å². The van der Waals surface area contributed by atoms with Gasteiger partial charge in [-0.1, -0.05) is 13.0 Å². The van der Waals surface area contributed by atoms with Crippen LogP contribution in [0.1, 0.15) is 12.5 Å². The number of hydrogen-bond donors (Lipinski definition) is 3. The Labute approximate surface area is 106 Å². The standard InChI is InChI=1S/C11H17N3O3S/c1-7-3-4-9(18(13,16)17)5-10(7)14-11(15)8(2)6-12/h3-5,8H,6,12H2,1-2H3,(H,14,15)(H2,13,16,17). The van der Waals surface area contributed by atoms with Crippen LogP contribution >= 0.6 is 0 Å². The molecule has 6 nitrogen and oxygen atoms in total. The molecule has 0 aliphatic rings. The van der Waals surface area contributed by atoms with Gasteiger partial charge in [0.25, 0.3) is 0 Å². The quantitative estimate of drug-likeness (QED) is 0.724. The Morgan fingerprint density at radius 1 is 1.44 bits per heavy atom. The van der Waals surface area contributed by atoms with Crippen LogP contribution in [-0.4, -0.2) is 20.9 Å². The average molecular weight is 271 g/mol. The number of carbonyl (C=O) groups is 1. The number of nitrogens with two attached hydrogens (primary N) is 2. The highest BCUT2D eigenvalue weighted by Crippen LogP contribution is 2.19. The summed E-state index contributed by atoms with van der Waals surface area (Å²) in [6.07, 6.45) is 0. The number of hydrogen-bond acceptors (Lipinski definition) is 4. The molecule has 1 amide bonds. The molecule has 7 heteroatoms. The molecule has 0 aliphatic heterocycles. The highest BCUT2D eigenvalue weighted by molar-refractivity contribution is 7.89. The van der Waals surface area contributed by atoms with Crippen molar-refractivity contribution in [2.24, 2.45) is 16.8 Å². The molecular formula is C11H17N3O3S. The van der Waals surface area contributed by atoms with Crippen molar-refractivity contribution in [2.45, 2.75) is 18.7 Å². The van der Waals surface area contributed by atoms with Gasteiger partial charge in [-0.25, -0.2) is 13.6 Å². The third kappa shape index (κ3) is 3.52. The fourth-order valence-corrected chi connectivity index (χ4v) is 1.82. The molecule has 1 unspecified atom stereocenters. The maximum absolute atomic E-state index is 11.7. The molecule has 100 valence electrons. The number of primary sulfonamides is 1. The van der Waals surface area contributed by atoms with E-state index in [9.17, 15) is 13.2 Å². The van der Waals surface area contributed by atoms with Crippen molar-refractivity contribution < 1.29 is 13.2 Å². The predicted molar refractivity (Wildman–Crippen MR) is 69.4 cm³/mol. The number of amides is 1. The van der Waals surface area contributed by atoms with Gasteiger partial charge in [-0.2, -0.15) is 0 Å². The number of sulfonamides is 1. The third-order valence-electron chi connectivity index (χ3n) is 2.60. The van der Waals surface area contributed by atoms with Crippen molar-refractivity contribution in [1.82, 2.24) is 0 Å². The minimum atomic E-state index is -3.78. The Morgan fingerprint density at radius 3 is 2.56 bits per heavy atom. The van der Waals surface area contributed by atoms with Crippen molar-refractivity contribution in [2.75, 3.05) is 11.9 Å². The van der Waals surface area contributed by atoms with E-state index in [-0.39, 0.29) is 23.3 Å². The van der Waals surface area contributed by atoms with Crippen LogP contribution < -0.4 is 16.2 Å². The lowest BCUT2D eigenvalue weighted by Gasteiger charge is -2.13. The Morgan fingerprint density at radius 2 is 2.06 bits per heavy atom. The first-order valence-corrected chi connectivity index (χ1v) is 6.94. The third-order valence-corrected chi connectivity index (χ3v) is 3.51. The largest absolute Gasteiger partial charge is 0.330 e. The van der Waals surface area contributed by atoms with E-state index < -0.39 is 10.0 Å². The van der Waals surface area contributed by atoms with Gasteiger partial charge in [0.2, 0.25) is 15.9 Å². The minimum absolute atomic E-state index is 0.0381. The number of rotatable bonds is 4. The van der Waals surface area contributed by atoms with E-state index in [0.717, 1.165) is 5.56 Å². The van der Waals surface area contributed by atoms with E-state index in [1.807, 2.05) is 0 Å². The summed E-state index contributed by atoms with van der Waals surface area (Å²) in [4.78, 5) is 11.6. The molecule has 0 fully saturated rings. The van der Waals surface area contributed by atoms with Crippen molar-refractivity contribution >= 4 is 21.6 Å². The number of aryl methyl sites for hydroxylation is 1. The molecule has 0 heterocycles. The lowest BCUT2D eigenvalue weighted by atomic mass is 10.1. The Kier molecular flexibility index (Phi) is 4.44. The van der Waals surface area contributed by atoms with Crippen molar-refractivity contribution in [3.8, 4) is 0 Å². The molecule has 1 atom stereocenters. The second-order valence-corrected chi connectivity index (χ2v) is 5.71. The highest BCUT2D eigenvalue weighted by atomic mass is 32.2. The van der Waals surface area contributed by atoms with Crippen LogP contribution in [0.15, 0.2) is 23.1 Å². The number of nitrogens with one attached hydrogen (secondary N) is 1. The molecule has 0 aromatic heterocycles. The van der Waals surface area contributed by atoms with Crippen LogP contribution in [0.5, 0.6) is 0 Å². The van der Waals surface area contributed by atoms with Crippen LogP contribution in [0.3, 0.4) is 0 Å². The van der Waals surface area contributed by atoms with Gasteiger partial charge in [0, 0.05) is 18.2 Å². The zero-order valence-corrected chi connectivity index (χ0v) is 11.1. The first-order valence-electron chi connectivity index (χ1n) is 5.40. The Balaban J connectivity index is 3.06. The average Bonchev–Trinajstić information content (AvgIpc) is 2.29. The van der Waals surface area contributed by atoms with E-state index in [4.69, 9.17) is 10.9 Å². The van der Waals surface area contributed by atoms with E-state index >= 15 is 0 Å². The van der Waals surface area contributed by atoms with Gasteiger partial charge in [-0.3, -0.25) is 4.79 Å². The van der Waals surface area contributed by atoms with Crippen LogP contribution in [0, 0.1) is 12.8 Å². The number of carbonyl (C=O) groups excluding carboxylic acids is 1. The second-order valence-electron chi connectivity index (χ2n) is 4.15. The molecule has 0 aliphatic carbocycles. The van der Waals surface area contributed by atoms with Crippen molar-refractivity contribution in [3.05, 3.63) is 23.8 Å². The summed E-state index contributed by atoms with van der Waals surface area (Å²) in [6, 6.07) is 4.32. The second kappa shape index (κ2) is 5.47. The molecule has 1 aromatic carbocycles. The summed E-state index contributed by atoms with van der Waals surface area (Å²) in [7, 11) is -3.78. The van der Waals surface area contributed by atoms with E-state index in [1.165, 1.54) is 12.1 Å². The van der Waals surface area contributed by atoms with Gasteiger partial charge in [-0.15, -0.1) is 0 Å². The molecule has 1 aromatic rings. The lowest BCUT2D eigenvalue weighted by Crippen LogP contribution is -2.27. The van der Waals surface area contributed by atoms with Gasteiger partial charge in [0.05, 0.1) is 4.90 Å². The fraction of sp³-hybridized carbons (Fsp3) is 0.364. The molecule has 0 saturated carbocycles. The van der Waals surface area contributed by atoms with Crippen LogP contribution in [0.25, 0.3) is 0 Å². The van der Waals surface area contributed by atoms with Crippen LogP contribution in [0.2, 0.25) is 0 Å². The van der Waals surface area contributed by atoms with Crippen LogP contribution in [-0.2, 0) is 14.8 Å². The Bertz CT molecular complexity index is 555. The van der Waals surface area contributed by atoms with Gasteiger partial charge in [0.15, 0.2) is 0 Å². The normalized spacial score (nSPS) is 13.1. The molecule has 5 N–H and O–H groups in total. The molecular weight excluding hydrogens is 254 g/mol. The minimum Gasteiger partial charge on any atom is -0.330 e. The van der Waals surface area contributed by atoms with E-state index in [0.29, 0.717) is 5.69 Å². The van der Waals surface area contributed by atoms with Crippen molar-refractivity contribution in [3.63, 3.8) is 0 Å². The monoisotopic (exact) mass is 271 g/mol. The SMILES string of the molecule is Cc1ccc(S(N)(=O)=O)cc1NC(=O)C(C)CN. The first-order chi connectivity index (χ1) is 8.25.